The summed E-state index contributed by atoms with van der Waals surface area (Å²) in [5.74, 6) is 1.42. The zero-order chi connectivity index (χ0) is 28.6. The first kappa shape index (κ1) is 27.8. The summed E-state index contributed by atoms with van der Waals surface area (Å²) < 4.78 is 24.1. The van der Waals surface area contributed by atoms with Gasteiger partial charge < -0.3 is 18.6 Å². The van der Waals surface area contributed by atoms with E-state index >= 15 is 0 Å². The van der Waals surface area contributed by atoms with Crippen LogP contribution in [0.4, 0.5) is 0 Å². The summed E-state index contributed by atoms with van der Waals surface area (Å²) in [5, 5.41) is 0.966. The predicted octanol–water partition coefficient (Wildman–Crippen LogP) is 5.38. The Hall–Kier alpha value is -3.79. The minimum Gasteiger partial charge on any atom is -0.493 e. The van der Waals surface area contributed by atoms with Crippen molar-refractivity contribution in [3.05, 3.63) is 101 Å². The third-order valence-electron chi connectivity index (χ3n) is 6.34. The molecule has 5 rings (SSSR count). The van der Waals surface area contributed by atoms with Gasteiger partial charge in [0, 0.05) is 16.7 Å². The van der Waals surface area contributed by atoms with E-state index in [4.69, 9.17) is 41.8 Å². The van der Waals surface area contributed by atoms with Crippen LogP contribution in [-0.4, -0.2) is 31.4 Å². The lowest BCUT2D eigenvalue weighted by atomic mass is 9.95. The van der Waals surface area contributed by atoms with E-state index in [2.05, 4.69) is 4.99 Å². The minimum atomic E-state index is -0.794. The maximum absolute atomic E-state index is 13.9. The number of carbonyl (C=O) groups is 1. The summed E-state index contributed by atoms with van der Waals surface area (Å²) in [6.07, 6.45) is 1.65. The van der Waals surface area contributed by atoms with E-state index in [0.717, 1.165) is 0 Å². The van der Waals surface area contributed by atoms with Crippen molar-refractivity contribution in [2.45, 2.75) is 19.9 Å². The van der Waals surface area contributed by atoms with Crippen LogP contribution in [0.1, 0.15) is 31.2 Å². The Morgan fingerprint density at radius 1 is 1.10 bits per heavy atom. The highest BCUT2D eigenvalue weighted by Gasteiger charge is 2.34. The minimum absolute atomic E-state index is 0.178. The molecule has 1 aliphatic rings. The van der Waals surface area contributed by atoms with Gasteiger partial charge in [-0.25, -0.2) is 9.79 Å². The number of aromatic nitrogens is 1. The molecule has 0 saturated carbocycles. The average Bonchev–Trinajstić information content (AvgIpc) is 3.51. The third-order valence-corrected chi connectivity index (χ3v) is 7.87. The molecule has 0 radical (unpaired) electrons. The van der Waals surface area contributed by atoms with Gasteiger partial charge in [-0.3, -0.25) is 9.36 Å². The molecular weight excluding hydrogens is 575 g/mol. The van der Waals surface area contributed by atoms with Gasteiger partial charge in [-0.05, 0) is 61.9 Å². The number of esters is 1. The summed E-state index contributed by atoms with van der Waals surface area (Å²) in [5.41, 5.74) is 1.71. The van der Waals surface area contributed by atoms with E-state index in [9.17, 15) is 9.59 Å². The molecule has 8 nitrogen and oxygen atoms in total. The molecule has 1 atom stereocenters. The molecular formula is C29H24Cl2N2O6S. The number of rotatable bonds is 7. The number of allylic oxidation sites excluding steroid dienone is 1. The second kappa shape index (κ2) is 11.4. The molecule has 3 heterocycles. The average molecular weight is 599 g/mol. The first-order valence-electron chi connectivity index (χ1n) is 12.2. The molecule has 0 N–H and O–H groups in total. The smallest absolute Gasteiger partial charge is 0.338 e. The summed E-state index contributed by atoms with van der Waals surface area (Å²) in [6.45, 7) is 3.63. The molecule has 0 unspecified atom stereocenters. The lowest BCUT2D eigenvalue weighted by molar-refractivity contribution is -0.139. The standard InChI is InChI=1S/C29H24Cl2N2O6S/c1-5-38-28(35)25-15(2)32-29-33(26(25)16-6-10-22(36-3)23(12-16)37-4)27(34)24(40-29)14-18-8-11-21(39-18)19-9-7-17(30)13-20(19)31/h6-14,26H,5H2,1-4H3/b24-14-/t26-/m0/s1. The first-order chi connectivity index (χ1) is 19.2. The zero-order valence-corrected chi connectivity index (χ0v) is 24.3. The highest BCUT2D eigenvalue weighted by molar-refractivity contribution is 7.07. The fraction of sp³-hybridized carbons (Fsp3) is 0.207. The number of methoxy groups -OCH3 is 2. The number of nitrogens with zero attached hydrogens (tertiary/aromatic N) is 2. The van der Waals surface area contributed by atoms with E-state index in [1.165, 1.54) is 30.1 Å². The van der Waals surface area contributed by atoms with E-state index < -0.39 is 12.0 Å². The predicted molar refractivity (Wildman–Crippen MR) is 154 cm³/mol. The van der Waals surface area contributed by atoms with Crippen LogP contribution in [-0.2, 0) is 9.53 Å². The van der Waals surface area contributed by atoms with Gasteiger partial charge in [0.25, 0.3) is 5.56 Å². The topological polar surface area (TPSA) is 92.3 Å². The molecule has 206 valence electrons. The summed E-state index contributed by atoms with van der Waals surface area (Å²) in [7, 11) is 3.06. The second-order valence-electron chi connectivity index (χ2n) is 8.74. The molecule has 0 saturated heterocycles. The van der Waals surface area contributed by atoms with Gasteiger partial charge in [-0.1, -0.05) is 40.6 Å². The molecule has 11 heteroatoms. The van der Waals surface area contributed by atoms with Gasteiger partial charge in [0.2, 0.25) is 0 Å². The van der Waals surface area contributed by atoms with Crippen LogP contribution in [0.3, 0.4) is 0 Å². The normalized spacial score (nSPS) is 15.1. The molecule has 0 amide bonds. The SMILES string of the molecule is CCOC(=O)C1=C(C)N=c2s/c(=C\c3ccc(-c4ccc(Cl)cc4Cl)o3)c(=O)n2[C@H]1c1ccc(OC)c(OC)c1. The number of benzene rings is 2. The van der Waals surface area contributed by atoms with Gasteiger partial charge in [-0.2, -0.15) is 0 Å². The highest BCUT2D eigenvalue weighted by atomic mass is 35.5. The van der Waals surface area contributed by atoms with Crippen molar-refractivity contribution in [3.63, 3.8) is 0 Å². The van der Waals surface area contributed by atoms with Crippen LogP contribution >= 0.6 is 34.5 Å². The van der Waals surface area contributed by atoms with Crippen molar-refractivity contribution >= 4 is 46.6 Å². The molecule has 4 aromatic rings. The number of fused-ring (bicyclic) bond motifs is 1. The fourth-order valence-corrected chi connectivity index (χ4v) is 6.05. The molecule has 2 aromatic carbocycles. The Morgan fingerprint density at radius 3 is 2.58 bits per heavy atom. The van der Waals surface area contributed by atoms with Crippen LogP contribution in [0, 0.1) is 0 Å². The third kappa shape index (κ3) is 5.08. The number of thiazole rings is 1. The van der Waals surface area contributed by atoms with E-state index in [1.54, 1.807) is 68.5 Å². The molecule has 0 bridgehead atoms. The number of carbonyl (C=O) groups excluding carboxylic acids is 1. The number of ether oxygens (including phenoxy) is 3. The van der Waals surface area contributed by atoms with E-state index in [0.29, 0.717) is 59.2 Å². The number of hydrogen-bond acceptors (Lipinski definition) is 8. The van der Waals surface area contributed by atoms with E-state index in [-0.39, 0.29) is 17.7 Å². The van der Waals surface area contributed by atoms with Crippen LogP contribution in [0.2, 0.25) is 10.0 Å². The molecule has 40 heavy (non-hydrogen) atoms. The van der Waals surface area contributed by atoms with Crippen molar-refractivity contribution in [1.29, 1.82) is 0 Å². The zero-order valence-electron chi connectivity index (χ0n) is 22.0. The van der Waals surface area contributed by atoms with Gasteiger partial charge in [0.1, 0.15) is 11.5 Å². The van der Waals surface area contributed by atoms with Crippen LogP contribution < -0.4 is 24.4 Å². The van der Waals surface area contributed by atoms with E-state index in [1.807, 2.05) is 0 Å². The lowest BCUT2D eigenvalue weighted by Gasteiger charge is -2.25. The Kier molecular flexibility index (Phi) is 7.89. The Labute approximate surface area is 243 Å². The summed E-state index contributed by atoms with van der Waals surface area (Å²) in [6, 6.07) is 13.1. The van der Waals surface area contributed by atoms with Crippen molar-refractivity contribution in [2.75, 3.05) is 20.8 Å². The first-order valence-corrected chi connectivity index (χ1v) is 13.8. The van der Waals surface area contributed by atoms with Crippen LogP contribution in [0.25, 0.3) is 17.4 Å². The highest BCUT2D eigenvalue weighted by Crippen LogP contribution is 2.36. The van der Waals surface area contributed by atoms with Crippen molar-refractivity contribution < 1.29 is 23.4 Å². The quantitative estimate of drug-likeness (QED) is 0.265. The molecule has 2 aromatic heterocycles. The Balaban J connectivity index is 1.65. The number of halogens is 2. The van der Waals surface area contributed by atoms with Gasteiger partial charge >= 0.3 is 5.97 Å². The maximum Gasteiger partial charge on any atom is 0.338 e. The Bertz CT molecular complexity index is 1840. The van der Waals surface area contributed by atoms with Crippen molar-refractivity contribution in [3.8, 4) is 22.8 Å². The van der Waals surface area contributed by atoms with Crippen molar-refractivity contribution in [1.82, 2.24) is 4.57 Å². The second-order valence-corrected chi connectivity index (χ2v) is 10.6. The maximum atomic E-state index is 13.9. The molecule has 0 spiro atoms. The van der Waals surface area contributed by atoms with Gasteiger partial charge in [-0.15, -0.1) is 0 Å². The largest absolute Gasteiger partial charge is 0.493 e. The molecule has 0 aliphatic carbocycles. The molecule has 1 aliphatic heterocycles. The lowest BCUT2D eigenvalue weighted by Crippen LogP contribution is -2.39. The molecule has 0 fully saturated rings. The summed E-state index contributed by atoms with van der Waals surface area (Å²) >= 11 is 13.6. The Morgan fingerprint density at radius 2 is 1.88 bits per heavy atom. The van der Waals surface area contributed by atoms with Crippen LogP contribution in [0.15, 0.2) is 74.0 Å². The van der Waals surface area contributed by atoms with Gasteiger partial charge in [0.05, 0.1) is 47.7 Å². The van der Waals surface area contributed by atoms with Crippen LogP contribution in [0.5, 0.6) is 11.5 Å². The number of furan rings is 1. The monoisotopic (exact) mass is 598 g/mol. The van der Waals surface area contributed by atoms with Crippen molar-refractivity contribution in [2.24, 2.45) is 4.99 Å². The number of hydrogen-bond donors (Lipinski definition) is 0. The fourth-order valence-electron chi connectivity index (χ4n) is 4.52. The summed E-state index contributed by atoms with van der Waals surface area (Å²) in [4.78, 5) is 32.0. The van der Waals surface area contributed by atoms with Gasteiger partial charge in [0.15, 0.2) is 16.3 Å².